The number of rotatable bonds is 8. The minimum atomic E-state index is -1.17. The molecule has 2 aromatic carbocycles. The van der Waals surface area contributed by atoms with Gasteiger partial charge in [-0.2, -0.15) is 0 Å². The number of amides is 1. The highest BCUT2D eigenvalue weighted by molar-refractivity contribution is 6.60. The Hall–Kier alpha value is -2.75. The lowest BCUT2D eigenvalue weighted by Gasteiger charge is -2.38. The first-order chi connectivity index (χ1) is 13.4. The molecule has 0 atom stereocenters. The zero-order valence-electron chi connectivity index (χ0n) is 17.1. The number of carboxylic acid groups (broad SMARTS) is 1. The van der Waals surface area contributed by atoms with E-state index in [4.69, 9.17) is 15.5 Å². The van der Waals surface area contributed by atoms with Crippen molar-refractivity contribution >= 4 is 35.7 Å². The second-order valence-corrected chi connectivity index (χ2v) is 7.87. The third-order valence-corrected chi connectivity index (χ3v) is 4.93. The van der Waals surface area contributed by atoms with Crippen LogP contribution in [0.4, 0.5) is 21.9 Å². The van der Waals surface area contributed by atoms with Crippen LogP contribution in [0.15, 0.2) is 42.5 Å². The highest BCUT2D eigenvalue weighted by Gasteiger charge is 2.39. The molecule has 2 rings (SSSR count). The van der Waals surface area contributed by atoms with Gasteiger partial charge < -0.3 is 30.9 Å². The molecule has 29 heavy (non-hydrogen) atoms. The molecule has 0 saturated carbocycles. The summed E-state index contributed by atoms with van der Waals surface area (Å²) < 4.78 is 5.64. The van der Waals surface area contributed by atoms with E-state index >= 15 is 0 Å². The van der Waals surface area contributed by atoms with Gasteiger partial charge in [0.05, 0.1) is 22.6 Å². The van der Waals surface area contributed by atoms with Crippen molar-refractivity contribution < 1.29 is 24.7 Å². The second kappa shape index (κ2) is 8.73. The Morgan fingerprint density at radius 2 is 1.76 bits per heavy atom. The molecule has 0 aliphatic carbocycles. The van der Waals surface area contributed by atoms with Crippen molar-refractivity contribution in [1.29, 1.82) is 0 Å². The zero-order chi connectivity index (χ0) is 21.8. The van der Waals surface area contributed by atoms with Crippen molar-refractivity contribution in [2.45, 2.75) is 45.4 Å². The molecular formula is C20H28BN3O5. The van der Waals surface area contributed by atoms with Crippen LogP contribution in [0.3, 0.4) is 0 Å². The van der Waals surface area contributed by atoms with E-state index in [1.165, 1.54) is 0 Å². The van der Waals surface area contributed by atoms with Crippen molar-refractivity contribution in [3.63, 3.8) is 0 Å². The van der Waals surface area contributed by atoms with Crippen LogP contribution < -0.4 is 21.8 Å². The number of carbonyl (C=O) groups is 1. The zero-order valence-corrected chi connectivity index (χ0v) is 17.1. The molecule has 7 N–H and O–H groups in total. The van der Waals surface area contributed by atoms with Crippen LogP contribution in [0.2, 0.25) is 0 Å². The van der Waals surface area contributed by atoms with Gasteiger partial charge in [0, 0.05) is 12.2 Å². The van der Waals surface area contributed by atoms with Gasteiger partial charge in [-0.25, -0.2) is 4.79 Å². The van der Waals surface area contributed by atoms with Crippen molar-refractivity contribution in [3.8, 4) is 0 Å². The van der Waals surface area contributed by atoms with Crippen molar-refractivity contribution in [2.24, 2.45) is 0 Å². The van der Waals surface area contributed by atoms with E-state index in [9.17, 15) is 14.9 Å². The third-order valence-electron chi connectivity index (χ3n) is 4.93. The molecule has 156 valence electrons. The summed E-state index contributed by atoms with van der Waals surface area (Å²) in [5.74, 6) is 0. The van der Waals surface area contributed by atoms with Crippen LogP contribution in [0, 0.1) is 0 Å². The number of nitrogen functional groups attached to an aromatic ring is 1. The van der Waals surface area contributed by atoms with Gasteiger partial charge in [0.15, 0.2) is 0 Å². The van der Waals surface area contributed by atoms with Gasteiger partial charge in [0.1, 0.15) is 0 Å². The van der Waals surface area contributed by atoms with E-state index in [0.717, 1.165) is 11.3 Å². The molecule has 9 heteroatoms. The number of anilines is 3. The first kappa shape index (κ1) is 22.5. The lowest BCUT2D eigenvalue weighted by molar-refractivity contribution is -0.0982. The van der Waals surface area contributed by atoms with Gasteiger partial charge in [-0.05, 0) is 56.9 Å². The molecular weight excluding hydrogens is 373 g/mol. The van der Waals surface area contributed by atoms with E-state index in [1.807, 2.05) is 12.1 Å². The Balaban J connectivity index is 1.97. The Bertz CT molecular complexity index is 850. The molecule has 0 aliphatic rings. The normalized spacial score (nSPS) is 11.8. The van der Waals surface area contributed by atoms with Crippen LogP contribution in [0.25, 0.3) is 0 Å². The largest absolute Gasteiger partial charge is 0.491 e. The molecule has 0 bridgehead atoms. The summed E-state index contributed by atoms with van der Waals surface area (Å²) in [5, 5.41) is 34.7. The molecule has 0 heterocycles. The molecule has 8 nitrogen and oxygen atoms in total. The van der Waals surface area contributed by atoms with Crippen molar-refractivity contribution in [1.82, 2.24) is 0 Å². The predicted octanol–water partition coefficient (Wildman–Crippen LogP) is 2.22. The second-order valence-electron chi connectivity index (χ2n) is 7.87. The first-order valence-corrected chi connectivity index (χ1v) is 9.19. The Kier molecular flexibility index (Phi) is 6.79. The molecule has 0 radical (unpaired) electrons. The summed E-state index contributed by atoms with van der Waals surface area (Å²) in [6.45, 7) is 7.21. The van der Waals surface area contributed by atoms with Crippen LogP contribution in [0.1, 0.15) is 33.3 Å². The number of aliphatic hydroxyl groups is 1. The number of benzene rings is 2. The molecule has 0 unspecified atom stereocenters. The van der Waals surface area contributed by atoms with Gasteiger partial charge in [0.2, 0.25) is 0 Å². The first-order valence-electron chi connectivity index (χ1n) is 9.19. The minimum Gasteiger partial charge on any atom is -0.465 e. The van der Waals surface area contributed by atoms with Gasteiger partial charge in [-0.15, -0.1) is 0 Å². The van der Waals surface area contributed by atoms with Crippen molar-refractivity contribution in [2.75, 3.05) is 16.4 Å². The lowest BCUT2D eigenvalue weighted by Crippen LogP contribution is -2.53. The molecule has 0 aromatic heterocycles. The predicted molar refractivity (Wildman–Crippen MR) is 115 cm³/mol. The number of nitrogens with one attached hydrogen (secondary N) is 2. The van der Waals surface area contributed by atoms with E-state index in [0.29, 0.717) is 23.4 Å². The fourth-order valence-corrected chi connectivity index (χ4v) is 2.40. The molecule has 0 aliphatic heterocycles. The van der Waals surface area contributed by atoms with Crippen LogP contribution in [-0.4, -0.2) is 39.7 Å². The number of nitrogens with two attached hydrogens (primary N) is 1. The Labute approximate surface area is 170 Å². The summed E-state index contributed by atoms with van der Waals surface area (Å²) in [7, 11) is -1.16. The summed E-state index contributed by atoms with van der Waals surface area (Å²) in [6.07, 6.45) is -1.17. The molecule has 0 saturated heterocycles. The highest BCUT2D eigenvalue weighted by Crippen LogP contribution is 2.25. The average molecular weight is 401 g/mol. The van der Waals surface area contributed by atoms with Gasteiger partial charge in [0.25, 0.3) is 0 Å². The maximum Gasteiger partial charge on any atom is 0.491 e. The van der Waals surface area contributed by atoms with Gasteiger partial charge in [-0.1, -0.05) is 24.3 Å². The molecule has 2 aromatic rings. The topological polar surface area (TPSA) is 137 Å². The highest BCUT2D eigenvalue weighted by atomic mass is 16.5. The molecule has 1 amide bonds. The molecule has 0 spiro atoms. The summed E-state index contributed by atoms with van der Waals surface area (Å²) in [5.41, 5.74) is 6.74. The number of hydrogen-bond donors (Lipinski definition) is 6. The maximum atomic E-state index is 10.7. The van der Waals surface area contributed by atoms with Crippen LogP contribution in [0.5, 0.6) is 0 Å². The smallest absolute Gasteiger partial charge is 0.465 e. The summed E-state index contributed by atoms with van der Waals surface area (Å²) in [6, 6.07) is 12.2. The Morgan fingerprint density at radius 1 is 1.14 bits per heavy atom. The number of hydrogen-bond acceptors (Lipinski definition) is 6. The lowest BCUT2D eigenvalue weighted by atomic mass is 9.76. The fourth-order valence-electron chi connectivity index (χ4n) is 2.40. The van der Waals surface area contributed by atoms with E-state index in [2.05, 4.69) is 10.6 Å². The third kappa shape index (κ3) is 6.12. The molecule has 0 fully saturated rings. The Morgan fingerprint density at radius 3 is 2.28 bits per heavy atom. The monoisotopic (exact) mass is 401 g/mol. The van der Waals surface area contributed by atoms with Gasteiger partial charge >= 0.3 is 13.2 Å². The van der Waals surface area contributed by atoms with Gasteiger partial charge in [-0.3, -0.25) is 5.32 Å². The average Bonchev–Trinajstić information content (AvgIpc) is 2.61. The standard InChI is InChI=1S/C20H28BN3O5/c1-19(2,27)20(3,4)29-21(28)14-7-5-13(6-8-14)12-23-15-9-10-17(16(22)11-15)24-18(25)26/h5-11,23-24,27-28H,12,22H2,1-4H3,(H,25,26). The minimum absolute atomic E-state index is 0.322. The summed E-state index contributed by atoms with van der Waals surface area (Å²) in [4.78, 5) is 10.7. The quantitative estimate of drug-likeness (QED) is 0.295. The fraction of sp³-hybridized carbons (Fsp3) is 0.350. The van der Waals surface area contributed by atoms with E-state index < -0.39 is 24.4 Å². The van der Waals surface area contributed by atoms with E-state index in [-0.39, 0.29) is 0 Å². The van der Waals surface area contributed by atoms with Crippen LogP contribution >= 0.6 is 0 Å². The van der Waals surface area contributed by atoms with Crippen LogP contribution in [-0.2, 0) is 11.2 Å². The summed E-state index contributed by atoms with van der Waals surface area (Å²) >= 11 is 0. The van der Waals surface area contributed by atoms with E-state index in [1.54, 1.807) is 58.0 Å². The maximum absolute atomic E-state index is 10.7. The van der Waals surface area contributed by atoms with Crippen molar-refractivity contribution in [3.05, 3.63) is 48.0 Å². The SMILES string of the molecule is CC(C)(O)C(C)(C)OB(O)c1ccc(CNc2ccc(NC(=O)O)c(N)c2)cc1.